The molecular formula is C17H20N4O3. The summed E-state index contributed by atoms with van der Waals surface area (Å²) in [4.78, 5) is 0. The lowest BCUT2D eigenvalue weighted by Crippen LogP contribution is -2.21. The zero-order chi connectivity index (χ0) is 17.4. The molecule has 0 aliphatic rings. The van der Waals surface area contributed by atoms with Gasteiger partial charge in [0.15, 0.2) is 11.5 Å². The van der Waals surface area contributed by atoms with Gasteiger partial charge in [0.1, 0.15) is 6.61 Å². The number of hydrogen-bond acceptors (Lipinski definition) is 5. The van der Waals surface area contributed by atoms with Crippen molar-refractivity contribution < 1.29 is 14.2 Å². The van der Waals surface area contributed by atoms with Crippen LogP contribution < -0.4 is 25.7 Å². The Hall–Kier alpha value is -3.22. The molecule has 0 bridgehead atoms. The van der Waals surface area contributed by atoms with Crippen molar-refractivity contribution in [3.8, 4) is 17.2 Å². The Kier molecular flexibility index (Phi) is 6.01. The average molecular weight is 328 g/mol. The number of ether oxygens (including phenoxy) is 3. The Morgan fingerprint density at radius 1 is 1.04 bits per heavy atom. The summed E-state index contributed by atoms with van der Waals surface area (Å²) in [5.74, 6) is 1.45. The first-order valence-electron chi connectivity index (χ1n) is 7.18. The summed E-state index contributed by atoms with van der Waals surface area (Å²) in [5.41, 5.74) is 12.2. The lowest BCUT2D eigenvalue weighted by atomic mass is 10.2. The second-order valence-corrected chi connectivity index (χ2v) is 4.80. The summed E-state index contributed by atoms with van der Waals surface area (Å²) in [6, 6.07) is 13.3. The highest BCUT2D eigenvalue weighted by Gasteiger charge is 2.14. The van der Waals surface area contributed by atoms with Crippen molar-refractivity contribution >= 4 is 12.2 Å². The summed E-state index contributed by atoms with van der Waals surface area (Å²) in [5, 5.41) is 7.33. The molecule has 2 aromatic carbocycles. The van der Waals surface area contributed by atoms with Crippen molar-refractivity contribution in [1.82, 2.24) is 0 Å². The predicted molar refractivity (Wildman–Crippen MR) is 93.7 cm³/mol. The molecule has 126 valence electrons. The van der Waals surface area contributed by atoms with Crippen LogP contribution in [0.2, 0.25) is 0 Å². The van der Waals surface area contributed by atoms with Crippen LogP contribution >= 0.6 is 0 Å². The van der Waals surface area contributed by atoms with E-state index >= 15 is 0 Å². The maximum absolute atomic E-state index is 5.87. The van der Waals surface area contributed by atoms with Crippen LogP contribution in [-0.4, -0.2) is 26.4 Å². The lowest BCUT2D eigenvalue weighted by molar-refractivity contribution is 0.266. The highest BCUT2D eigenvalue weighted by atomic mass is 16.5. The molecule has 0 heterocycles. The minimum atomic E-state index is -0.118. The van der Waals surface area contributed by atoms with Crippen molar-refractivity contribution in [2.75, 3.05) is 14.2 Å². The third-order valence-corrected chi connectivity index (χ3v) is 3.09. The van der Waals surface area contributed by atoms with E-state index in [4.69, 9.17) is 25.7 Å². The fraction of sp³-hybridized carbons (Fsp3) is 0.176. The summed E-state index contributed by atoms with van der Waals surface area (Å²) in [6.45, 7) is 0.398. The van der Waals surface area contributed by atoms with Gasteiger partial charge >= 0.3 is 0 Å². The standard InChI is InChI=1S/C17H20N4O3/c1-22-14-8-13(10-20-21-17(18)19)9-15(23-2)16(14)24-11-12-6-4-3-5-7-12/h3-10H,11H2,1-2H3,(H4,18,19,21)/b20-10+. The Balaban J connectivity index is 2.26. The number of methoxy groups -OCH3 is 2. The van der Waals surface area contributed by atoms with Crippen molar-refractivity contribution in [2.45, 2.75) is 6.61 Å². The number of benzene rings is 2. The molecule has 0 aliphatic heterocycles. The molecule has 0 unspecified atom stereocenters. The predicted octanol–water partition coefficient (Wildman–Crippen LogP) is 1.89. The highest BCUT2D eigenvalue weighted by molar-refractivity contribution is 5.83. The molecule has 0 saturated heterocycles. The van der Waals surface area contributed by atoms with Gasteiger partial charge in [-0.05, 0) is 17.7 Å². The molecule has 4 N–H and O–H groups in total. The minimum Gasteiger partial charge on any atom is -0.493 e. The van der Waals surface area contributed by atoms with Crippen LogP contribution in [0.5, 0.6) is 17.2 Å². The first kappa shape index (κ1) is 17.1. The highest BCUT2D eigenvalue weighted by Crippen LogP contribution is 2.38. The lowest BCUT2D eigenvalue weighted by Gasteiger charge is -2.15. The molecule has 0 spiro atoms. The van der Waals surface area contributed by atoms with Crippen LogP contribution in [0.15, 0.2) is 52.7 Å². The van der Waals surface area contributed by atoms with Gasteiger partial charge in [0, 0.05) is 5.56 Å². The minimum absolute atomic E-state index is 0.118. The van der Waals surface area contributed by atoms with Gasteiger partial charge in [-0.15, -0.1) is 5.10 Å². The zero-order valence-corrected chi connectivity index (χ0v) is 13.6. The fourth-order valence-electron chi connectivity index (χ4n) is 2.01. The van der Waals surface area contributed by atoms with Crippen molar-refractivity contribution in [3.63, 3.8) is 0 Å². The van der Waals surface area contributed by atoms with Crippen LogP contribution in [0.4, 0.5) is 0 Å². The van der Waals surface area contributed by atoms with Crippen LogP contribution in [-0.2, 0) is 6.61 Å². The summed E-state index contributed by atoms with van der Waals surface area (Å²) < 4.78 is 16.7. The van der Waals surface area contributed by atoms with Crippen LogP contribution in [0.25, 0.3) is 0 Å². The van der Waals surface area contributed by atoms with E-state index in [-0.39, 0.29) is 5.96 Å². The number of rotatable bonds is 7. The van der Waals surface area contributed by atoms with E-state index in [1.54, 1.807) is 26.4 Å². The number of nitrogens with zero attached hydrogens (tertiary/aromatic N) is 2. The van der Waals surface area contributed by atoms with E-state index in [0.29, 0.717) is 29.4 Å². The van der Waals surface area contributed by atoms with Gasteiger partial charge < -0.3 is 25.7 Å². The van der Waals surface area contributed by atoms with E-state index in [9.17, 15) is 0 Å². The Morgan fingerprint density at radius 3 is 2.21 bits per heavy atom. The molecule has 0 aliphatic carbocycles. The second kappa shape index (κ2) is 8.42. The maximum Gasteiger partial charge on any atom is 0.211 e. The van der Waals surface area contributed by atoms with Crippen molar-refractivity contribution in [1.29, 1.82) is 0 Å². The number of hydrogen-bond donors (Lipinski definition) is 2. The number of nitrogens with two attached hydrogens (primary N) is 2. The van der Waals surface area contributed by atoms with Gasteiger partial charge in [-0.25, -0.2) is 0 Å². The normalized spacial score (nSPS) is 10.4. The molecular weight excluding hydrogens is 308 g/mol. The van der Waals surface area contributed by atoms with E-state index in [1.165, 1.54) is 6.21 Å². The molecule has 0 fully saturated rings. The third-order valence-electron chi connectivity index (χ3n) is 3.09. The van der Waals surface area contributed by atoms with Crippen LogP contribution in [0.3, 0.4) is 0 Å². The Labute approximate surface area is 140 Å². The van der Waals surface area contributed by atoms with Crippen molar-refractivity contribution in [2.24, 2.45) is 21.7 Å². The van der Waals surface area contributed by atoms with Gasteiger partial charge in [-0.2, -0.15) is 5.10 Å². The Bertz CT molecular complexity index is 701. The van der Waals surface area contributed by atoms with Crippen LogP contribution in [0.1, 0.15) is 11.1 Å². The van der Waals surface area contributed by atoms with E-state index in [2.05, 4.69) is 10.2 Å². The second-order valence-electron chi connectivity index (χ2n) is 4.80. The zero-order valence-electron chi connectivity index (χ0n) is 13.6. The summed E-state index contributed by atoms with van der Waals surface area (Å²) in [6.07, 6.45) is 1.49. The first-order chi connectivity index (χ1) is 11.6. The molecule has 24 heavy (non-hydrogen) atoms. The van der Waals surface area contributed by atoms with E-state index in [0.717, 1.165) is 5.56 Å². The molecule has 0 atom stereocenters. The monoisotopic (exact) mass is 328 g/mol. The smallest absolute Gasteiger partial charge is 0.211 e. The summed E-state index contributed by atoms with van der Waals surface area (Å²) in [7, 11) is 3.11. The Morgan fingerprint density at radius 2 is 1.67 bits per heavy atom. The average Bonchev–Trinajstić information content (AvgIpc) is 2.60. The summed E-state index contributed by atoms with van der Waals surface area (Å²) >= 11 is 0. The molecule has 2 aromatic rings. The number of guanidine groups is 1. The third kappa shape index (κ3) is 4.64. The molecule has 0 radical (unpaired) electrons. The van der Waals surface area contributed by atoms with Gasteiger partial charge in [0.25, 0.3) is 0 Å². The molecule has 0 saturated carbocycles. The van der Waals surface area contributed by atoms with Gasteiger partial charge in [-0.3, -0.25) is 0 Å². The first-order valence-corrected chi connectivity index (χ1v) is 7.18. The molecule has 2 rings (SSSR count). The molecule has 7 heteroatoms. The molecule has 0 aromatic heterocycles. The SMILES string of the molecule is COc1cc(/C=N/N=C(N)N)cc(OC)c1OCc1ccccc1. The van der Waals surface area contributed by atoms with Gasteiger partial charge in [0.2, 0.25) is 11.7 Å². The molecule has 0 amide bonds. The molecule has 7 nitrogen and oxygen atoms in total. The quantitative estimate of drug-likeness (QED) is 0.459. The van der Waals surface area contributed by atoms with Gasteiger partial charge in [-0.1, -0.05) is 30.3 Å². The van der Waals surface area contributed by atoms with Crippen LogP contribution in [0, 0.1) is 0 Å². The van der Waals surface area contributed by atoms with Crippen molar-refractivity contribution in [3.05, 3.63) is 53.6 Å². The fourth-order valence-corrected chi connectivity index (χ4v) is 2.01. The largest absolute Gasteiger partial charge is 0.493 e. The maximum atomic E-state index is 5.87. The topological polar surface area (TPSA) is 104 Å². The van der Waals surface area contributed by atoms with E-state index < -0.39 is 0 Å². The van der Waals surface area contributed by atoms with E-state index in [1.807, 2.05) is 30.3 Å². The van der Waals surface area contributed by atoms with Gasteiger partial charge in [0.05, 0.1) is 20.4 Å².